The van der Waals surface area contributed by atoms with Crippen molar-refractivity contribution < 1.29 is 13.6 Å². The monoisotopic (exact) mass is 254 g/mol. The van der Waals surface area contributed by atoms with E-state index in [1.165, 1.54) is 0 Å². The molecule has 1 aromatic carbocycles. The first-order valence-corrected chi connectivity index (χ1v) is 6.03. The average molecular weight is 254 g/mol. The van der Waals surface area contributed by atoms with Gasteiger partial charge in [-0.15, -0.1) is 0 Å². The van der Waals surface area contributed by atoms with Crippen LogP contribution in [-0.2, 0) is 11.2 Å². The van der Waals surface area contributed by atoms with Crippen LogP contribution in [0.5, 0.6) is 0 Å². The van der Waals surface area contributed by atoms with Crippen molar-refractivity contribution in [2.45, 2.75) is 25.3 Å². The van der Waals surface area contributed by atoms with E-state index in [1.54, 1.807) is 4.90 Å². The van der Waals surface area contributed by atoms with E-state index in [-0.39, 0.29) is 23.9 Å². The summed E-state index contributed by atoms with van der Waals surface area (Å²) in [5.74, 6) is -1.25. The van der Waals surface area contributed by atoms with E-state index in [2.05, 4.69) is 0 Å². The molecule has 2 N–H and O–H groups in total. The van der Waals surface area contributed by atoms with E-state index in [4.69, 9.17) is 5.73 Å². The lowest BCUT2D eigenvalue weighted by Crippen LogP contribution is -2.43. The lowest BCUT2D eigenvalue weighted by molar-refractivity contribution is -0.131. The Kier molecular flexibility index (Phi) is 3.91. The highest BCUT2D eigenvalue weighted by molar-refractivity contribution is 5.78. The second-order valence-electron chi connectivity index (χ2n) is 4.63. The molecule has 0 spiro atoms. The third-order valence-electron chi connectivity index (χ3n) is 3.24. The summed E-state index contributed by atoms with van der Waals surface area (Å²) in [5.41, 5.74) is 5.85. The number of carbonyl (C=O) groups is 1. The van der Waals surface area contributed by atoms with Crippen LogP contribution in [0, 0.1) is 11.6 Å². The van der Waals surface area contributed by atoms with Gasteiger partial charge in [0.1, 0.15) is 11.6 Å². The number of hydrogen-bond acceptors (Lipinski definition) is 2. The predicted octanol–water partition coefficient (Wildman–Crippen LogP) is 1.46. The van der Waals surface area contributed by atoms with Gasteiger partial charge in [0, 0.05) is 24.7 Å². The summed E-state index contributed by atoms with van der Waals surface area (Å²) in [4.78, 5) is 13.6. The SMILES string of the molecule is NC1CCN(C(=O)Cc2cc(F)ccc2F)CC1. The first-order valence-electron chi connectivity index (χ1n) is 6.03. The van der Waals surface area contributed by atoms with E-state index in [1.807, 2.05) is 0 Å². The zero-order chi connectivity index (χ0) is 13.1. The molecule has 3 nitrogen and oxygen atoms in total. The Morgan fingerprint density at radius 3 is 2.67 bits per heavy atom. The number of amides is 1. The average Bonchev–Trinajstić information content (AvgIpc) is 2.34. The highest BCUT2D eigenvalue weighted by Gasteiger charge is 2.21. The summed E-state index contributed by atoms with van der Waals surface area (Å²) in [6.45, 7) is 1.19. The number of benzene rings is 1. The second-order valence-corrected chi connectivity index (χ2v) is 4.63. The molecular formula is C13H16F2N2O. The van der Waals surface area contributed by atoms with Crippen molar-refractivity contribution in [3.8, 4) is 0 Å². The number of piperidine rings is 1. The number of halogens is 2. The second kappa shape index (κ2) is 5.44. The third kappa shape index (κ3) is 3.04. The highest BCUT2D eigenvalue weighted by Crippen LogP contribution is 2.14. The molecule has 98 valence electrons. The summed E-state index contributed by atoms with van der Waals surface area (Å²) >= 11 is 0. The molecule has 1 aromatic rings. The Morgan fingerprint density at radius 2 is 2.00 bits per heavy atom. The number of likely N-dealkylation sites (tertiary alicyclic amines) is 1. The van der Waals surface area contributed by atoms with Crippen molar-refractivity contribution in [1.29, 1.82) is 0 Å². The van der Waals surface area contributed by atoms with E-state index >= 15 is 0 Å². The van der Waals surface area contributed by atoms with Crippen molar-refractivity contribution >= 4 is 5.91 Å². The maximum atomic E-state index is 13.4. The van der Waals surface area contributed by atoms with Gasteiger partial charge in [0.25, 0.3) is 0 Å². The number of rotatable bonds is 2. The van der Waals surface area contributed by atoms with Crippen molar-refractivity contribution in [3.05, 3.63) is 35.4 Å². The maximum Gasteiger partial charge on any atom is 0.227 e. The van der Waals surface area contributed by atoms with Crippen LogP contribution >= 0.6 is 0 Å². The minimum Gasteiger partial charge on any atom is -0.342 e. The smallest absolute Gasteiger partial charge is 0.227 e. The summed E-state index contributed by atoms with van der Waals surface area (Å²) in [7, 11) is 0. The quantitative estimate of drug-likeness (QED) is 0.868. The van der Waals surface area contributed by atoms with Crippen LogP contribution < -0.4 is 5.73 Å². The van der Waals surface area contributed by atoms with Crippen LogP contribution in [0.3, 0.4) is 0 Å². The van der Waals surface area contributed by atoms with E-state index < -0.39 is 11.6 Å². The fraction of sp³-hybridized carbons (Fsp3) is 0.462. The molecule has 1 fully saturated rings. The number of carbonyl (C=O) groups excluding carboxylic acids is 1. The first kappa shape index (κ1) is 13.0. The van der Waals surface area contributed by atoms with Crippen LogP contribution in [0.25, 0.3) is 0 Å². The predicted molar refractivity (Wildman–Crippen MR) is 63.9 cm³/mol. The van der Waals surface area contributed by atoms with Crippen LogP contribution in [0.15, 0.2) is 18.2 Å². The van der Waals surface area contributed by atoms with Gasteiger partial charge < -0.3 is 10.6 Å². The van der Waals surface area contributed by atoms with Crippen LogP contribution in [0.4, 0.5) is 8.78 Å². The Labute approximate surface area is 105 Å². The number of hydrogen-bond donors (Lipinski definition) is 1. The molecule has 1 aliphatic rings. The van der Waals surface area contributed by atoms with Gasteiger partial charge in [-0.25, -0.2) is 8.78 Å². The Balaban J connectivity index is 2.00. The van der Waals surface area contributed by atoms with Crippen LogP contribution in [-0.4, -0.2) is 29.9 Å². The summed E-state index contributed by atoms with van der Waals surface area (Å²) in [6, 6.07) is 3.30. The minimum absolute atomic E-state index is 0.0984. The molecule has 0 unspecified atom stereocenters. The lowest BCUT2D eigenvalue weighted by Gasteiger charge is -2.30. The minimum atomic E-state index is -0.543. The van der Waals surface area contributed by atoms with Crippen LogP contribution in [0.1, 0.15) is 18.4 Å². The van der Waals surface area contributed by atoms with Gasteiger partial charge in [-0.1, -0.05) is 0 Å². The highest BCUT2D eigenvalue weighted by atomic mass is 19.1. The molecule has 0 aromatic heterocycles. The fourth-order valence-corrected chi connectivity index (χ4v) is 2.10. The molecule has 0 saturated carbocycles. The van der Waals surface area contributed by atoms with Gasteiger partial charge in [-0.3, -0.25) is 4.79 Å². The van der Waals surface area contributed by atoms with Gasteiger partial charge in [-0.2, -0.15) is 0 Å². The van der Waals surface area contributed by atoms with Gasteiger partial charge >= 0.3 is 0 Å². The molecule has 1 aliphatic heterocycles. The van der Waals surface area contributed by atoms with Crippen molar-refractivity contribution in [2.75, 3.05) is 13.1 Å². The molecule has 1 amide bonds. The maximum absolute atomic E-state index is 13.4. The molecule has 5 heteroatoms. The van der Waals surface area contributed by atoms with Gasteiger partial charge in [0.2, 0.25) is 5.91 Å². The Bertz CT molecular complexity index is 443. The molecule has 1 heterocycles. The summed E-state index contributed by atoms with van der Waals surface area (Å²) < 4.78 is 26.4. The Hall–Kier alpha value is -1.49. The molecule has 1 saturated heterocycles. The first-order chi connectivity index (χ1) is 8.56. The third-order valence-corrected chi connectivity index (χ3v) is 3.24. The van der Waals surface area contributed by atoms with Gasteiger partial charge in [0.05, 0.1) is 6.42 Å². The van der Waals surface area contributed by atoms with Crippen LogP contribution in [0.2, 0.25) is 0 Å². The molecule has 0 radical (unpaired) electrons. The van der Waals surface area contributed by atoms with E-state index in [0.29, 0.717) is 13.1 Å². The molecule has 0 aliphatic carbocycles. The molecule has 0 bridgehead atoms. The Morgan fingerprint density at radius 1 is 1.33 bits per heavy atom. The van der Waals surface area contributed by atoms with Gasteiger partial charge in [0.15, 0.2) is 0 Å². The molecule has 0 atom stereocenters. The topological polar surface area (TPSA) is 46.3 Å². The molecular weight excluding hydrogens is 238 g/mol. The zero-order valence-electron chi connectivity index (χ0n) is 10.0. The normalized spacial score (nSPS) is 16.9. The number of nitrogens with zero attached hydrogens (tertiary/aromatic N) is 1. The van der Waals surface area contributed by atoms with Gasteiger partial charge in [-0.05, 0) is 31.0 Å². The number of nitrogens with two attached hydrogens (primary N) is 1. The molecule has 2 rings (SSSR count). The van der Waals surface area contributed by atoms with Crippen molar-refractivity contribution in [1.82, 2.24) is 4.90 Å². The molecule has 18 heavy (non-hydrogen) atoms. The summed E-state index contributed by atoms with van der Waals surface area (Å²) in [5, 5.41) is 0. The lowest BCUT2D eigenvalue weighted by atomic mass is 10.0. The fourth-order valence-electron chi connectivity index (χ4n) is 2.10. The van der Waals surface area contributed by atoms with E-state index in [0.717, 1.165) is 31.0 Å². The van der Waals surface area contributed by atoms with E-state index in [9.17, 15) is 13.6 Å². The largest absolute Gasteiger partial charge is 0.342 e. The standard InChI is InChI=1S/C13H16F2N2O/c14-10-1-2-12(15)9(7-10)8-13(18)17-5-3-11(16)4-6-17/h1-2,7,11H,3-6,8,16H2. The zero-order valence-corrected chi connectivity index (χ0v) is 10.0. The van der Waals surface area contributed by atoms with Crippen molar-refractivity contribution in [2.24, 2.45) is 5.73 Å². The summed E-state index contributed by atoms with van der Waals surface area (Å²) in [6.07, 6.45) is 1.42. The van der Waals surface area contributed by atoms with Crippen molar-refractivity contribution in [3.63, 3.8) is 0 Å².